The molecule has 0 amide bonds. The number of halogens is 6. The quantitative estimate of drug-likeness (QED) is 0.127. The molecule has 0 aromatic heterocycles. The van der Waals surface area contributed by atoms with E-state index in [9.17, 15) is 26.3 Å². The van der Waals surface area contributed by atoms with E-state index in [2.05, 4.69) is 35.6 Å². The van der Waals surface area contributed by atoms with Gasteiger partial charge in [0.25, 0.3) is 0 Å². The van der Waals surface area contributed by atoms with E-state index >= 15 is 0 Å². The summed E-state index contributed by atoms with van der Waals surface area (Å²) in [6.45, 7) is 3.29. The molecule has 0 bridgehead atoms. The fraction of sp³-hybridized carbons (Fsp3) is 0.333. The SMILES string of the molecule is C[C@H](CN)CCCN(P(c1ccc(C(F)(F)F)cc1)c1ccc(C(F)(F)F)cc1)P1[C@@H](c2ccccc2)CC[C@@H]1c1ccccc1. The van der Waals surface area contributed by atoms with Gasteiger partial charge in [-0.05, 0) is 92.2 Å². The van der Waals surface area contributed by atoms with Crippen LogP contribution in [0.2, 0.25) is 0 Å². The molecule has 0 saturated carbocycles. The molecule has 0 radical (unpaired) electrons. The van der Waals surface area contributed by atoms with Crippen LogP contribution in [0.3, 0.4) is 0 Å². The molecule has 3 atom stereocenters. The Labute approximate surface area is 269 Å². The molecule has 2 nitrogen and oxygen atoms in total. The van der Waals surface area contributed by atoms with Crippen LogP contribution in [0.25, 0.3) is 0 Å². The lowest BCUT2D eigenvalue weighted by Crippen LogP contribution is -2.28. The highest BCUT2D eigenvalue weighted by Gasteiger charge is 2.44. The van der Waals surface area contributed by atoms with Gasteiger partial charge < -0.3 is 5.73 Å². The lowest BCUT2D eigenvalue weighted by Gasteiger charge is -2.43. The second kappa shape index (κ2) is 15.0. The van der Waals surface area contributed by atoms with Gasteiger partial charge in [-0.2, -0.15) is 26.3 Å². The minimum atomic E-state index is -4.50. The largest absolute Gasteiger partial charge is 0.416 e. The molecule has 1 aliphatic rings. The van der Waals surface area contributed by atoms with Crippen LogP contribution in [0.1, 0.15) is 66.2 Å². The van der Waals surface area contributed by atoms with Gasteiger partial charge in [-0.25, -0.2) is 0 Å². The molecule has 2 N–H and O–H groups in total. The standard InChI is InChI=1S/C36H38F6N2P2/c1-26(25-43)9-8-24-44(46-33(27-10-4-2-5-11-27)22-23-34(46)28-12-6-3-7-13-28)45(31-18-14-29(15-19-31)35(37,38)39)32-20-16-30(17-21-32)36(40,41)42/h2-7,10-21,26,33-34H,8-9,22-25,43H2,1H3/t26-,33+,34+/m0/s1. The molecule has 1 saturated heterocycles. The summed E-state index contributed by atoms with van der Waals surface area (Å²) >= 11 is 0. The minimum absolute atomic E-state index is 0.183. The van der Waals surface area contributed by atoms with E-state index in [0.29, 0.717) is 23.7 Å². The third-order valence-electron chi connectivity index (χ3n) is 8.55. The van der Waals surface area contributed by atoms with Crippen molar-refractivity contribution in [1.29, 1.82) is 0 Å². The van der Waals surface area contributed by atoms with Crippen LogP contribution in [0.5, 0.6) is 0 Å². The lowest BCUT2D eigenvalue weighted by molar-refractivity contribution is -0.138. The Morgan fingerprint density at radius 2 is 1.11 bits per heavy atom. The first kappa shape index (κ1) is 34.6. The summed E-state index contributed by atoms with van der Waals surface area (Å²) in [5.74, 6) is 0.288. The first-order chi connectivity index (χ1) is 22.0. The number of nitrogens with zero attached hydrogens (tertiary/aromatic N) is 1. The topological polar surface area (TPSA) is 29.3 Å². The Bertz CT molecular complexity index is 1410. The van der Waals surface area contributed by atoms with Gasteiger partial charge in [-0.3, -0.25) is 4.44 Å². The van der Waals surface area contributed by atoms with Crippen LogP contribution < -0.4 is 16.3 Å². The first-order valence-electron chi connectivity index (χ1n) is 15.5. The monoisotopic (exact) mass is 674 g/mol. The zero-order chi connectivity index (χ0) is 32.9. The Hall–Kier alpha value is -2.76. The van der Waals surface area contributed by atoms with Crippen LogP contribution in [-0.4, -0.2) is 17.5 Å². The van der Waals surface area contributed by atoms with Crippen LogP contribution in [0, 0.1) is 5.92 Å². The summed E-state index contributed by atoms with van der Waals surface area (Å²) < 4.78 is 84.3. The van der Waals surface area contributed by atoms with Crippen molar-refractivity contribution in [2.45, 2.75) is 56.3 Å². The number of benzene rings is 4. The average Bonchev–Trinajstić information content (AvgIpc) is 3.49. The van der Waals surface area contributed by atoms with Gasteiger partial charge in [0.05, 0.1) is 11.1 Å². The number of rotatable bonds is 11. The smallest absolute Gasteiger partial charge is 0.330 e. The predicted molar refractivity (Wildman–Crippen MR) is 178 cm³/mol. The van der Waals surface area contributed by atoms with Gasteiger partial charge >= 0.3 is 12.4 Å². The molecule has 244 valence electrons. The zero-order valence-corrected chi connectivity index (χ0v) is 27.3. The first-order valence-corrected chi connectivity index (χ1v) is 18.2. The Kier molecular flexibility index (Phi) is 11.3. The molecule has 0 unspecified atom stereocenters. The highest BCUT2D eigenvalue weighted by molar-refractivity contribution is 7.79. The number of alkyl halides is 6. The molecule has 0 aliphatic carbocycles. The van der Waals surface area contributed by atoms with Gasteiger partial charge in [0, 0.05) is 25.9 Å². The van der Waals surface area contributed by atoms with Crippen molar-refractivity contribution in [3.63, 3.8) is 0 Å². The third kappa shape index (κ3) is 8.20. The summed E-state index contributed by atoms with van der Waals surface area (Å²) in [5, 5.41) is 1.37. The highest BCUT2D eigenvalue weighted by atomic mass is 31.2. The summed E-state index contributed by atoms with van der Waals surface area (Å²) in [5.41, 5.74) is 7.24. The third-order valence-corrected chi connectivity index (χ3v) is 15.1. The normalized spacial score (nSPS) is 18.4. The van der Waals surface area contributed by atoms with E-state index in [1.807, 2.05) is 36.4 Å². The lowest BCUT2D eigenvalue weighted by atomic mass is 10.0. The molecule has 4 aromatic carbocycles. The Morgan fingerprint density at radius 3 is 1.48 bits per heavy atom. The zero-order valence-electron chi connectivity index (χ0n) is 25.6. The Balaban J connectivity index is 1.68. The summed E-state index contributed by atoms with van der Waals surface area (Å²) in [4.78, 5) is 0. The number of nitrogens with two attached hydrogens (primary N) is 1. The van der Waals surface area contributed by atoms with Crippen molar-refractivity contribution in [3.05, 3.63) is 131 Å². The van der Waals surface area contributed by atoms with Gasteiger partial charge in [-0.1, -0.05) is 91.9 Å². The van der Waals surface area contributed by atoms with Gasteiger partial charge in [-0.15, -0.1) is 0 Å². The summed E-state index contributed by atoms with van der Waals surface area (Å²) in [6, 6.07) is 31.1. The van der Waals surface area contributed by atoms with E-state index in [-0.39, 0.29) is 17.2 Å². The van der Waals surface area contributed by atoms with Crippen molar-refractivity contribution in [2.24, 2.45) is 11.7 Å². The van der Waals surface area contributed by atoms with E-state index in [1.165, 1.54) is 35.4 Å². The van der Waals surface area contributed by atoms with E-state index in [4.69, 9.17) is 5.73 Å². The molecule has 4 aromatic rings. The molecule has 46 heavy (non-hydrogen) atoms. The van der Waals surface area contributed by atoms with Crippen LogP contribution in [0.4, 0.5) is 26.3 Å². The molecule has 1 fully saturated rings. The van der Waals surface area contributed by atoms with Crippen molar-refractivity contribution >= 4 is 26.8 Å². The average molecular weight is 675 g/mol. The van der Waals surface area contributed by atoms with Crippen molar-refractivity contribution in [3.8, 4) is 0 Å². The Morgan fingerprint density at radius 1 is 0.696 bits per heavy atom. The minimum Gasteiger partial charge on any atom is -0.330 e. The summed E-state index contributed by atoms with van der Waals surface area (Å²) in [6.07, 6.45) is -5.45. The highest BCUT2D eigenvalue weighted by Crippen LogP contribution is 2.76. The molecule has 0 spiro atoms. The van der Waals surface area contributed by atoms with Crippen molar-refractivity contribution < 1.29 is 26.3 Å². The van der Waals surface area contributed by atoms with Crippen molar-refractivity contribution in [1.82, 2.24) is 4.44 Å². The molecule has 1 heterocycles. The summed E-state index contributed by atoms with van der Waals surface area (Å²) in [7, 11) is -2.48. The van der Waals surface area contributed by atoms with E-state index < -0.39 is 39.6 Å². The molecular weight excluding hydrogens is 636 g/mol. The molecule has 1 aliphatic heterocycles. The molecule has 5 rings (SSSR count). The second-order valence-corrected chi connectivity index (χ2v) is 16.7. The van der Waals surface area contributed by atoms with Gasteiger partial charge in [0.2, 0.25) is 0 Å². The van der Waals surface area contributed by atoms with Crippen LogP contribution in [-0.2, 0) is 12.4 Å². The number of hydrogen-bond donors (Lipinski definition) is 1. The second-order valence-electron chi connectivity index (χ2n) is 11.8. The van der Waals surface area contributed by atoms with E-state index in [0.717, 1.165) is 49.9 Å². The van der Waals surface area contributed by atoms with Crippen LogP contribution >= 0.6 is 16.1 Å². The van der Waals surface area contributed by atoms with Gasteiger partial charge in [0.1, 0.15) is 0 Å². The molecular formula is C36H38F6N2P2. The maximum atomic E-state index is 13.6. The number of hydrogen-bond acceptors (Lipinski definition) is 2. The maximum Gasteiger partial charge on any atom is 0.416 e. The maximum absolute atomic E-state index is 13.6. The predicted octanol–water partition coefficient (Wildman–Crippen LogP) is 10.4. The van der Waals surface area contributed by atoms with Gasteiger partial charge in [0.15, 0.2) is 0 Å². The molecule has 10 heteroatoms. The van der Waals surface area contributed by atoms with Crippen LogP contribution in [0.15, 0.2) is 109 Å². The van der Waals surface area contributed by atoms with Crippen molar-refractivity contribution in [2.75, 3.05) is 13.1 Å². The fourth-order valence-electron chi connectivity index (χ4n) is 6.13. The fourth-order valence-corrected chi connectivity index (χ4v) is 13.6. The van der Waals surface area contributed by atoms with E-state index in [1.54, 1.807) is 0 Å².